The number of halogens is 1. The number of hydrogen-bond donors (Lipinski definition) is 1. The summed E-state index contributed by atoms with van der Waals surface area (Å²) in [5.74, 6) is -0.209. The summed E-state index contributed by atoms with van der Waals surface area (Å²) in [7, 11) is 0. The van der Waals surface area contributed by atoms with E-state index in [-0.39, 0.29) is 10.7 Å². The second kappa shape index (κ2) is 6.54. The predicted molar refractivity (Wildman–Crippen MR) is 79.1 cm³/mol. The first-order valence-electron chi connectivity index (χ1n) is 6.59. The van der Waals surface area contributed by atoms with Gasteiger partial charge in [-0.05, 0) is 24.1 Å². The summed E-state index contributed by atoms with van der Waals surface area (Å²) in [6, 6.07) is 6.52. The van der Waals surface area contributed by atoms with Gasteiger partial charge in [0, 0.05) is 13.0 Å². The van der Waals surface area contributed by atoms with Crippen molar-refractivity contribution in [2.24, 2.45) is 0 Å². The number of carbonyl (C=O) groups is 2. The lowest BCUT2D eigenvalue weighted by atomic mass is 10.1. The Labute approximate surface area is 127 Å². The smallest absolute Gasteiger partial charge is 0.335 e. The number of aldehydes is 1. The second-order valence-electron chi connectivity index (χ2n) is 4.66. The summed E-state index contributed by atoms with van der Waals surface area (Å²) in [4.78, 5) is 26.2. The van der Waals surface area contributed by atoms with Crippen molar-refractivity contribution >= 4 is 23.9 Å². The molecule has 0 bridgehead atoms. The van der Waals surface area contributed by atoms with E-state index in [4.69, 9.17) is 16.7 Å². The van der Waals surface area contributed by atoms with Crippen molar-refractivity contribution in [2.45, 2.75) is 26.3 Å². The lowest BCUT2D eigenvalue weighted by Gasteiger charge is -2.09. The maximum atomic E-state index is 11.2. The van der Waals surface area contributed by atoms with Gasteiger partial charge in [0.2, 0.25) is 0 Å². The number of carboxylic acid groups (broad SMARTS) is 1. The highest BCUT2D eigenvalue weighted by atomic mass is 35.5. The van der Waals surface area contributed by atoms with E-state index in [9.17, 15) is 9.59 Å². The van der Waals surface area contributed by atoms with E-state index >= 15 is 0 Å². The van der Waals surface area contributed by atoms with Crippen molar-refractivity contribution in [1.29, 1.82) is 0 Å². The van der Waals surface area contributed by atoms with Crippen molar-refractivity contribution in [3.63, 3.8) is 0 Å². The fourth-order valence-corrected chi connectivity index (χ4v) is 2.36. The minimum Gasteiger partial charge on any atom is -0.478 e. The van der Waals surface area contributed by atoms with Gasteiger partial charge in [-0.15, -0.1) is 0 Å². The summed E-state index contributed by atoms with van der Waals surface area (Å²) < 4.78 is 1.77. The van der Waals surface area contributed by atoms with Gasteiger partial charge >= 0.3 is 5.97 Å². The number of rotatable bonds is 6. The van der Waals surface area contributed by atoms with Crippen LogP contribution in [0.4, 0.5) is 0 Å². The van der Waals surface area contributed by atoms with Crippen LogP contribution in [0.2, 0.25) is 5.15 Å². The topological polar surface area (TPSA) is 72.2 Å². The maximum Gasteiger partial charge on any atom is 0.335 e. The number of aromatic carboxylic acids is 1. The van der Waals surface area contributed by atoms with Gasteiger partial charge in [0.05, 0.1) is 5.56 Å². The van der Waals surface area contributed by atoms with Crippen molar-refractivity contribution in [1.82, 2.24) is 9.55 Å². The highest BCUT2D eigenvalue weighted by Gasteiger charge is 2.15. The van der Waals surface area contributed by atoms with Crippen LogP contribution in [0.3, 0.4) is 0 Å². The fraction of sp³-hybridized carbons (Fsp3) is 0.267. The van der Waals surface area contributed by atoms with E-state index in [0.29, 0.717) is 18.5 Å². The van der Waals surface area contributed by atoms with Crippen molar-refractivity contribution in [3.8, 4) is 0 Å². The van der Waals surface area contributed by atoms with Gasteiger partial charge < -0.3 is 9.67 Å². The molecule has 0 aliphatic heterocycles. The van der Waals surface area contributed by atoms with Gasteiger partial charge in [-0.3, -0.25) is 4.79 Å². The van der Waals surface area contributed by atoms with Crippen molar-refractivity contribution < 1.29 is 14.7 Å². The molecule has 1 N–H and O–H groups in total. The van der Waals surface area contributed by atoms with Crippen LogP contribution < -0.4 is 0 Å². The number of carboxylic acids is 1. The van der Waals surface area contributed by atoms with Crippen molar-refractivity contribution in [3.05, 3.63) is 52.1 Å². The molecular weight excluding hydrogens is 292 g/mol. The second-order valence-corrected chi connectivity index (χ2v) is 5.02. The van der Waals surface area contributed by atoms with Crippen LogP contribution in [0.15, 0.2) is 24.3 Å². The minimum absolute atomic E-state index is 0.204. The SMILES string of the molecule is CCCc1nc(Cl)c(C=O)n1Cc1ccc(C(=O)O)cc1. The Morgan fingerprint density at radius 3 is 2.57 bits per heavy atom. The van der Waals surface area contributed by atoms with Crippen molar-refractivity contribution in [2.75, 3.05) is 0 Å². The largest absolute Gasteiger partial charge is 0.478 e. The van der Waals surface area contributed by atoms with Crippen LogP contribution in [0, 0.1) is 0 Å². The maximum absolute atomic E-state index is 11.2. The molecule has 0 aliphatic rings. The van der Waals surface area contributed by atoms with Crippen LogP contribution in [-0.4, -0.2) is 26.9 Å². The van der Waals surface area contributed by atoms with Gasteiger partial charge in [0.1, 0.15) is 11.5 Å². The lowest BCUT2D eigenvalue weighted by Crippen LogP contribution is -2.09. The molecule has 2 rings (SSSR count). The average molecular weight is 307 g/mol. The molecule has 6 heteroatoms. The third-order valence-corrected chi connectivity index (χ3v) is 3.45. The lowest BCUT2D eigenvalue weighted by molar-refractivity contribution is 0.0696. The number of aryl methyl sites for hydroxylation is 1. The molecule has 1 aromatic heterocycles. The van der Waals surface area contributed by atoms with Crippen LogP contribution in [0.1, 0.15) is 45.6 Å². The fourth-order valence-electron chi connectivity index (χ4n) is 2.12. The molecule has 0 aliphatic carbocycles. The third-order valence-electron chi connectivity index (χ3n) is 3.17. The van der Waals surface area contributed by atoms with Gasteiger partial charge in [0.15, 0.2) is 11.4 Å². The molecule has 5 nitrogen and oxygen atoms in total. The molecule has 0 atom stereocenters. The van der Waals surface area contributed by atoms with Gasteiger partial charge in [-0.2, -0.15) is 0 Å². The highest BCUT2D eigenvalue weighted by molar-refractivity contribution is 6.31. The van der Waals surface area contributed by atoms with E-state index < -0.39 is 5.97 Å². The molecule has 0 saturated carbocycles. The molecule has 1 aromatic carbocycles. The molecule has 0 amide bonds. The summed E-state index contributed by atoms with van der Waals surface area (Å²) >= 11 is 5.98. The Hall–Kier alpha value is -2.14. The van der Waals surface area contributed by atoms with Gasteiger partial charge in [0.25, 0.3) is 0 Å². The molecule has 0 fully saturated rings. The Balaban J connectivity index is 2.33. The minimum atomic E-state index is -0.965. The predicted octanol–water partition coefficient (Wildman–Crippen LogP) is 3.05. The van der Waals surface area contributed by atoms with E-state index in [1.807, 2.05) is 6.92 Å². The highest BCUT2D eigenvalue weighted by Crippen LogP contribution is 2.19. The Morgan fingerprint density at radius 1 is 1.38 bits per heavy atom. The molecule has 0 saturated heterocycles. The quantitative estimate of drug-likeness (QED) is 0.833. The normalized spacial score (nSPS) is 10.6. The number of imidazole rings is 1. The third kappa shape index (κ3) is 3.31. The van der Waals surface area contributed by atoms with Crippen LogP contribution >= 0.6 is 11.6 Å². The number of aromatic nitrogens is 2. The molecule has 110 valence electrons. The first-order chi connectivity index (χ1) is 10.1. The molecular formula is C15H15ClN2O3. The summed E-state index contributed by atoms with van der Waals surface area (Å²) in [5.41, 5.74) is 1.46. The summed E-state index contributed by atoms with van der Waals surface area (Å²) in [5, 5.41) is 9.09. The van der Waals surface area contributed by atoms with E-state index in [1.165, 1.54) is 12.1 Å². The zero-order chi connectivity index (χ0) is 15.4. The number of carbonyl (C=O) groups excluding carboxylic acids is 1. The van der Waals surface area contributed by atoms with Crippen LogP contribution in [0.25, 0.3) is 0 Å². The Bertz CT molecular complexity index is 662. The summed E-state index contributed by atoms with van der Waals surface area (Å²) in [6.45, 7) is 2.46. The average Bonchev–Trinajstić information content (AvgIpc) is 2.75. The summed E-state index contributed by atoms with van der Waals surface area (Å²) in [6.07, 6.45) is 2.31. The van der Waals surface area contributed by atoms with Crippen LogP contribution in [0.5, 0.6) is 0 Å². The molecule has 21 heavy (non-hydrogen) atoms. The number of benzene rings is 1. The number of hydrogen-bond acceptors (Lipinski definition) is 3. The first kappa shape index (κ1) is 15.3. The van der Waals surface area contributed by atoms with Gasteiger partial charge in [-0.1, -0.05) is 30.7 Å². The molecule has 0 radical (unpaired) electrons. The molecule has 0 spiro atoms. The van der Waals surface area contributed by atoms with Crippen LogP contribution in [-0.2, 0) is 13.0 Å². The van der Waals surface area contributed by atoms with E-state index in [0.717, 1.165) is 24.2 Å². The Morgan fingerprint density at radius 2 is 2.05 bits per heavy atom. The monoisotopic (exact) mass is 306 g/mol. The van der Waals surface area contributed by atoms with Gasteiger partial charge in [-0.25, -0.2) is 9.78 Å². The number of nitrogens with zero attached hydrogens (tertiary/aromatic N) is 2. The zero-order valence-electron chi connectivity index (χ0n) is 11.5. The van der Waals surface area contributed by atoms with E-state index in [1.54, 1.807) is 16.7 Å². The van der Waals surface area contributed by atoms with E-state index in [2.05, 4.69) is 4.98 Å². The first-order valence-corrected chi connectivity index (χ1v) is 6.97. The molecule has 1 heterocycles. The zero-order valence-corrected chi connectivity index (χ0v) is 12.3. The molecule has 0 unspecified atom stereocenters. The standard InChI is InChI=1S/C15H15ClN2O3/c1-2-3-13-17-14(16)12(9-19)18(13)8-10-4-6-11(7-5-10)15(20)21/h4-7,9H,2-3,8H2,1H3,(H,20,21). The Kier molecular flexibility index (Phi) is 4.75. The molecule has 2 aromatic rings.